The molecule has 2 aromatic carbocycles. The van der Waals surface area contributed by atoms with Crippen molar-refractivity contribution in [1.29, 1.82) is 0 Å². The molecule has 29 heavy (non-hydrogen) atoms. The number of hydrogen-bond donors (Lipinski definition) is 5. The molecule has 9 heteroatoms. The maximum absolute atomic E-state index is 12.1. The van der Waals surface area contributed by atoms with Gasteiger partial charge >= 0.3 is 0 Å². The van der Waals surface area contributed by atoms with Gasteiger partial charge in [0.05, 0.1) is 24.6 Å². The Labute approximate surface area is 167 Å². The second kappa shape index (κ2) is 11.4. The van der Waals surface area contributed by atoms with E-state index in [0.29, 0.717) is 11.1 Å². The third kappa shape index (κ3) is 7.26. The third-order valence-electron chi connectivity index (χ3n) is 3.80. The van der Waals surface area contributed by atoms with Gasteiger partial charge in [0.1, 0.15) is 6.10 Å². The maximum Gasteiger partial charge on any atom is 0.271 e. The summed E-state index contributed by atoms with van der Waals surface area (Å²) in [4.78, 5) is 24.1. The van der Waals surface area contributed by atoms with E-state index in [1.54, 1.807) is 60.7 Å². The van der Waals surface area contributed by atoms with Gasteiger partial charge in [-0.15, -0.1) is 0 Å². The minimum Gasteiger partial charge on any atom is -0.394 e. The average molecular weight is 398 g/mol. The van der Waals surface area contributed by atoms with E-state index in [-0.39, 0.29) is 12.1 Å². The summed E-state index contributed by atoms with van der Waals surface area (Å²) in [5.74, 6) is -0.938. The lowest BCUT2D eigenvalue weighted by molar-refractivity contribution is -0.00975. The van der Waals surface area contributed by atoms with Crippen molar-refractivity contribution >= 4 is 23.7 Å². The van der Waals surface area contributed by atoms with Crippen LogP contribution in [0.5, 0.6) is 0 Å². The number of hydrogen-bond acceptors (Lipinski definition) is 7. The second-order valence-corrected chi connectivity index (χ2v) is 6.00. The minimum atomic E-state index is -1.39. The molecule has 0 aliphatic rings. The van der Waals surface area contributed by atoms with Crippen molar-refractivity contribution in [3.05, 3.63) is 71.8 Å². The fourth-order valence-corrected chi connectivity index (χ4v) is 2.20. The number of hydrazone groups is 2. The van der Waals surface area contributed by atoms with Crippen LogP contribution in [-0.2, 0) is 0 Å². The molecule has 0 saturated heterocycles. The molecule has 5 N–H and O–H groups in total. The van der Waals surface area contributed by atoms with Gasteiger partial charge in [-0.05, 0) is 24.3 Å². The molecule has 0 saturated carbocycles. The SMILES string of the molecule is O=C(NN=CC(C[C@@H](O)[C@H](O)CO)=NNC(=O)c1ccccc1)c1ccccc1. The number of aliphatic hydroxyl groups is 3. The predicted molar refractivity (Wildman–Crippen MR) is 107 cm³/mol. The molecule has 2 rings (SSSR count). The van der Waals surface area contributed by atoms with E-state index in [1.807, 2.05) is 0 Å². The van der Waals surface area contributed by atoms with Crippen molar-refractivity contribution in [2.24, 2.45) is 10.2 Å². The number of benzene rings is 2. The quantitative estimate of drug-likeness (QED) is 0.305. The number of rotatable bonds is 9. The van der Waals surface area contributed by atoms with Gasteiger partial charge < -0.3 is 15.3 Å². The molecule has 152 valence electrons. The Hall–Kier alpha value is -3.40. The van der Waals surface area contributed by atoms with Crippen molar-refractivity contribution in [1.82, 2.24) is 10.9 Å². The Morgan fingerprint density at radius 3 is 1.90 bits per heavy atom. The highest BCUT2D eigenvalue weighted by molar-refractivity contribution is 6.31. The van der Waals surface area contributed by atoms with Crippen LogP contribution in [0, 0.1) is 0 Å². The number of nitrogens with one attached hydrogen (secondary N) is 2. The Balaban J connectivity index is 2.07. The summed E-state index contributed by atoms with van der Waals surface area (Å²) in [5.41, 5.74) is 5.48. The average Bonchev–Trinajstić information content (AvgIpc) is 2.77. The zero-order valence-corrected chi connectivity index (χ0v) is 15.5. The standard InChI is InChI=1S/C20H22N4O5/c25-13-18(27)17(26)11-16(22-24-20(29)15-9-5-2-6-10-15)12-21-23-19(28)14-7-3-1-4-8-14/h1-10,12,17-18,25-27H,11,13H2,(H,23,28)(H,24,29)/t17-,18-/m1/s1. The first-order valence-corrected chi connectivity index (χ1v) is 8.78. The molecule has 0 bridgehead atoms. The topological polar surface area (TPSA) is 144 Å². The van der Waals surface area contributed by atoms with Crippen LogP contribution in [0.15, 0.2) is 70.9 Å². The molecule has 2 aromatic rings. The van der Waals surface area contributed by atoms with Crippen LogP contribution in [0.4, 0.5) is 0 Å². The van der Waals surface area contributed by atoms with E-state index in [2.05, 4.69) is 21.1 Å². The zero-order chi connectivity index (χ0) is 21.1. The molecule has 0 aliphatic carbocycles. The highest BCUT2D eigenvalue weighted by Gasteiger charge is 2.17. The maximum atomic E-state index is 12.1. The van der Waals surface area contributed by atoms with Gasteiger partial charge in [-0.1, -0.05) is 36.4 Å². The Bertz CT molecular complexity index is 856. The number of carbonyl (C=O) groups is 2. The minimum absolute atomic E-state index is 0.0719. The lowest BCUT2D eigenvalue weighted by Gasteiger charge is -2.15. The van der Waals surface area contributed by atoms with Crippen molar-refractivity contribution in [2.45, 2.75) is 18.6 Å². The van der Waals surface area contributed by atoms with Crippen LogP contribution in [0.25, 0.3) is 0 Å². The van der Waals surface area contributed by atoms with E-state index in [9.17, 15) is 19.8 Å². The van der Waals surface area contributed by atoms with Gasteiger partial charge in [0.25, 0.3) is 11.8 Å². The van der Waals surface area contributed by atoms with E-state index < -0.39 is 30.6 Å². The first-order chi connectivity index (χ1) is 14.0. The van der Waals surface area contributed by atoms with Crippen molar-refractivity contribution in [2.75, 3.05) is 6.61 Å². The first kappa shape index (κ1) is 21.9. The van der Waals surface area contributed by atoms with Gasteiger partial charge in [-0.25, -0.2) is 10.9 Å². The second-order valence-electron chi connectivity index (χ2n) is 6.00. The summed E-state index contributed by atoms with van der Waals surface area (Å²) in [7, 11) is 0. The number of amides is 2. The Morgan fingerprint density at radius 1 is 0.862 bits per heavy atom. The van der Waals surface area contributed by atoms with Crippen molar-refractivity contribution < 1.29 is 24.9 Å². The lowest BCUT2D eigenvalue weighted by Crippen LogP contribution is -2.33. The van der Waals surface area contributed by atoms with Gasteiger partial charge in [0.15, 0.2) is 0 Å². The summed E-state index contributed by atoms with van der Waals surface area (Å²) >= 11 is 0. The van der Waals surface area contributed by atoms with Crippen LogP contribution in [0.1, 0.15) is 27.1 Å². The summed E-state index contributed by atoms with van der Waals surface area (Å²) in [6, 6.07) is 16.8. The largest absolute Gasteiger partial charge is 0.394 e. The fraction of sp³-hybridized carbons (Fsp3) is 0.200. The van der Waals surface area contributed by atoms with Crippen LogP contribution in [0.2, 0.25) is 0 Å². The highest BCUT2D eigenvalue weighted by atomic mass is 16.4. The molecular weight excluding hydrogens is 376 g/mol. The van der Waals surface area contributed by atoms with Crippen molar-refractivity contribution in [3.63, 3.8) is 0 Å². The first-order valence-electron chi connectivity index (χ1n) is 8.78. The van der Waals surface area contributed by atoms with Gasteiger partial charge in [-0.3, -0.25) is 9.59 Å². The van der Waals surface area contributed by atoms with Gasteiger partial charge in [0, 0.05) is 17.5 Å². The summed E-state index contributed by atoms with van der Waals surface area (Å²) in [5, 5.41) is 36.1. The zero-order valence-electron chi connectivity index (χ0n) is 15.5. The van der Waals surface area contributed by atoms with Crippen LogP contribution in [0.3, 0.4) is 0 Å². The number of carbonyl (C=O) groups excluding carboxylic acids is 2. The molecule has 0 unspecified atom stereocenters. The Kier molecular flexibility index (Phi) is 8.64. The summed E-state index contributed by atoms with van der Waals surface area (Å²) in [6.45, 7) is -0.646. The smallest absolute Gasteiger partial charge is 0.271 e. The molecule has 0 fully saturated rings. The third-order valence-corrected chi connectivity index (χ3v) is 3.80. The van der Waals surface area contributed by atoms with E-state index in [0.717, 1.165) is 6.21 Å². The summed E-state index contributed by atoms with van der Waals surface area (Å²) in [6.07, 6.45) is -1.82. The fourth-order valence-electron chi connectivity index (χ4n) is 2.20. The van der Waals surface area contributed by atoms with E-state index >= 15 is 0 Å². The van der Waals surface area contributed by atoms with Crippen LogP contribution >= 0.6 is 0 Å². The highest BCUT2D eigenvalue weighted by Crippen LogP contribution is 2.02. The summed E-state index contributed by atoms with van der Waals surface area (Å²) < 4.78 is 0. The van der Waals surface area contributed by atoms with Crippen LogP contribution in [-0.4, -0.2) is 57.9 Å². The van der Waals surface area contributed by atoms with Crippen molar-refractivity contribution in [3.8, 4) is 0 Å². The number of nitrogens with zero attached hydrogens (tertiary/aromatic N) is 2. The Morgan fingerprint density at radius 2 is 1.38 bits per heavy atom. The molecule has 2 atom stereocenters. The lowest BCUT2D eigenvalue weighted by atomic mass is 10.1. The number of aliphatic hydroxyl groups excluding tert-OH is 3. The molecular formula is C20H22N4O5. The van der Waals surface area contributed by atoms with E-state index in [1.165, 1.54) is 0 Å². The molecule has 2 amide bonds. The molecule has 0 radical (unpaired) electrons. The monoisotopic (exact) mass is 398 g/mol. The molecule has 0 aromatic heterocycles. The predicted octanol–water partition coefficient (Wildman–Crippen LogP) is 0.292. The molecule has 0 aliphatic heterocycles. The van der Waals surface area contributed by atoms with Crippen LogP contribution < -0.4 is 10.9 Å². The molecule has 0 heterocycles. The molecule has 9 nitrogen and oxygen atoms in total. The van der Waals surface area contributed by atoms with E-state index in [4.69, 9.17) is 5.11 Å². The molecule has 0 spiro atoms. The van der Waals surface area contributed by atoms with Gasteiger partial charge in [-0.2, -0.15) is 10.2 Å². The van der Waals surface area contributed by atoms with Gasteiger partial charge in [0.2, 0.25) is 0 Å². The normalized spacial score (nSPS) is 13.7.